The predicted octanol–water partition coefficient (Wildman–Crippen LogP) is 4.54. The lowest BCUT2D eigenvalue weighted by molar-refractivity contribution is 0.102. The molecule has 27 heavy (non-hydrogen) atoms. The fraction of sp³-hybridized carbons (Fsp3) is 0.286. The molecule has 0 saturated carbocycles. The van der Waals surface area contributed by atoms with Crippen LogP contribution in [-0.2, 0) is 12.0 Å². The van der Waals surface area contributed by atoms with Crippen molar-refractivity contribution in [2.75, 3.05) is 10.6 Å². The Morgan fingerprint density at radius 1 is 1.11 bits per heavy atom. The molecule has 2 aromatic heterocycles. The number of aryl methyl sites for hydroxylation is 1. The molecule has 0 unspecified atom stereocenters. The predicted molar refractivity (Wildman–Crippen MR) is 106 cm³/mol. The average molecular weight is 364 g/mol. The number of hydrogen-bond acceptors (Lipinski definition) is 5. The molecule has 140 valence electrons. The van der Waals surface area contributed by atoms with Crippen LogP contribution in [0.15, 0.2) is 53.1 Å². The number of para-hydroxylation sites is 1. The molecule has 0 aliphatic rings. The summed E-state index contributed by atoms with van der Waals surface area (Å²) in [6.07, 6.45) is 1.62. The Morgan fingerprint density at radius 3 is 2.59 bits per heavy atom. The quantitative estimate of drug-likeness (QED) is 0.695. The number of carbonyl (C=O) groups is 1. The van der Waals surface area contributed by atoms with E-state index in [1.807, 2.05) is 36.4 Å². The van der Waals surface area contributed by atoms with E-state index >= 15 is 0 Å². The minimum absolute atomic E-state index is 0.0821. The zero-order valence-electron chi connectivity index (χ0n) is 16.0. The monoisotopic (exact) mass is 364 g/mol. The first-order valence-corrected chi connectivity index (χ1v) is 8.86. The van der Waals surface area contributed by atoms with Crippen LogP contribution in [0.3, 0.4) is 0 Å². The van der Waals surface area contributed by atoms with Gasteiger partial charge in [-0.3, -0.25) is 4.79 Å². The summed E-state index contributed by atoms with van der Waals surface area (Å²) in [5, 5.41) is 6.14. The molecule has 0 bridgehead atoms. The van der Waals surface area contributed by atoms with Gasteiger partial charge in [0.1, 0.15) is 23.1 Å². The molecule has 2 heterocycles. The Balaban J connectivity index is 1.79. The fourth-order valence-electron chi connectivity index (χ4n) is 2.80. The van der Waals surface area contributed by atoms with Crippen molar-refractivity contribution in [2.24, 2.45) is 0 Å². The number of anilines is 2. The Kier molecular flexibility index (Phi) is 5.26. The lowest BCUT2D eigenvalue weighted by Gasteiger charge is -2.23. The van der Waals surface area contributed by atoms with Gasteiger partial charge in [0.2, 0.25) is 0 Å². The maximum atomic E-state index is 12.8. The molecule has 0 aliphatic heterocycles. The first-order valence-electron chi connectivity index (χ1n) is 8.86. The Morgan fingerprint density at radius 2 is 1.89 bits per heavy atom. The number of amides is 1. The first kappa shape index (κ1) is 18.6. The van der Waals surface area contributed by atoms with E-state index in [0.29, 0.717) is 23.9 Å². The molecule has 3 rings (SSSR count). The van der Waals surface area contributed by atoms with Crippen LogP contribution < -0.4 is 10.6 Å². The highest BCUT2D eigenvalue weighted by Crippen LogP contribution is 2.29. The molecule has 0 spiro atoms. The molecule has 2 N–H and O–H groups in total. The second-order valence-corrected chi connectivity index (χ2v) is 7.37. The van der Waals surface area contributed by atoms with Gasteiger partial charge in [-0.25, -0.2) is 9.97 Å². The van der Waals surface area contributed by atoms with Gasteiger partial charge in [0.15, 0.2) is 0 Å². The second kappa shape index (κ2) is 7.61. The van der Waals surface area contributed by atoms with E-state index in [1.54, 1.807) is 19.3 Å². The molecule has 0 radical (unpaired) electrons. The van der Waals surface area contributed by atoms with Crippen LogP contribution in [0.1, 0.15) is 48.4 Å². The molecule has 6 nitrogen and oxygen atoms in total. The largest absolute Gasteiger partial charge is 0.467 e. The van der Waals surface area contributed by atoms with E-state index in [0.717, 1.165) is 17.0 Å². The van der Waals surface area contributed by atoms with Gasteiger partial charge in [-0.15, -0.1) is 0 Å². The van der Waals surface area contributed by atoms with Gasteiger partial charge in [-0.2, -0.15) is 0 Å². The number of carbonyl (C=O) groups excluding carboxylic acids is 1. The van der Waals surface area contributed by atoms with Crippen LogP contribution in [0.2, 0.25) is 0 Å². The van der Waals surface area contributed by atoms with Crippen molar-refractivity contribution in [3.05, 3.63) is 71.6 Å². The fourth-order valence-corrected chi connectivity index (χ4v) is 2.80. The molecule has 1 aromatic carbocycles. The van der Waals surface area contributed by atoms with Crippen molar-refractivity contribution in [3.63, 3.8) is 0 Å². The number of aromatic nitrogens is 2. The topological polar surface area (TPSA) is 80.0 Å². The van der Waals surface area contributed by atoms with Crippen molar-refractivity contribution in [1.82, 2.24) is 9.97 Å². The van der Waals surface area contributed by atoms with Crippen molar-refractivity contribution in [2.45, 2.75) is 39.7 Å². The maximum Gasteiger partial charge on any atom is 0.274 e. The summed E-state index contributed by atoms with van der Waals surface area (Å²) < 4.78 is 5.30. The Bertz CT molecular complexity index is 928. The summed E-state index contributed by atoms with van der Waals surface area (Å²) in [7, 11) is 0. The van der Waals surface area contributed by atoms with Crippen LogP contribution >= 0.6 is 0 Å². The SMILES string of the molecule is Cc1nc(NCc2ccco2)cc(C(=O)Nc2ccccc2C(C)(C)C)n1. The van der Waals surface area contributed by atoms with Gasteiger partial charge in [-0.1, -0.05) is 39.0 Å². The number of hydrogen-bond donors (Lipinski definition) is 2. The van der Waals surface area contributed by atoms with Crippen molar-refractivity contribution < 1.29 is 9.21 Å². The number of rotatable bonds is 5. The molecule has 0 atom stereocenters. The smallest absolute Gasteiger partial charge is 0.274 e. The Labute approximate surface area is 159 Å². The maximum absolute atomic E-state index is 12.8. The summed E-state index contributed by atoms with van der Waals surface area (Å²) in [5.41, 5.74) is 2.09. The zero-order valence-corrected chi connectivity index (χ0v) is 16.0. The van der Waals surface area contributed by atoms with Gasteiger partial charge in [0, 0.05) is 11.8 Å². The first-order chi connectivity index (χ1) is 12.8. The van der Waals surface area contributed by atoms with E-state index in [1.165, 1.54) is 0 Å². The minimum atomic E-state index is -0.266. The van der Waals surface area contributed by atoms with Gasteiger partial charge >= 0.3 is 0 Å². The lowest BCUT2D eigenvalue weighted by Crippen LogP contribution is -2.20. The summed E-state index contributed by atoms with van der Waals surface area (Å²) in [6.45, 7) is 8.59. The van der Waals surface area contributed by atoms with E-state index in [4.69, 9.17) is 4.42 Å². The highest BCUT2D eigenvalue weighted by Gasteiger charge is 2.19. The summed E-state index contributed by atoms with van der Waals surface area (Å²) in [6, 6.07) is 13.2. The summed E-state index contributed by atoms with van der Waals surface area (Å²) >= 11 is 0. The van der Waals surface area contributed by atoms with Crippen LogP contribution in [0, 0.1) is 6.92 Å². The molecule has 0 fully saturated rings. The second-order valence-electron chi connectivity index (χ2n) is 7.37. The molecule has 1 amide bonds. The van der Waals surface area contributed by atoms with Gasteiger partial charge in [0.05, 0.1) is 12.8 Å². The number of benzene rings is 1. The van der Waals surface area contributed by atoms with Crippen LogP contribution in [0.5, 0.6) is 0 Å². The molecule has 0 saturated heterocycles. The number of nitrogens with one attached hydrogen (secondary N) is 2. The van der Waals surface area contributed by atoms with Gasteiger partial charge in [-0.05, 0) is 36.1 Å². The number of furan rings is 1. The lowest BCUT2D eigenvalue weighted by atomic mass is 9.86. The number of nitrogens with zero attached hydrogens (tertiary/aromatic N) is 2. The normalized spacial score (nSPS) is 11.3. The third kappa shape index (κ3) is 4.73. The molecule has 3 aromatic rings. The van der Waals surface area contributed by atoms with Crippen LogP contribution in [-0.4, -0.2) is 15.9 Å². The third-order valence-electron chi connectivity index (χ3n) is 4.08. The minimum Gasteiger partial charge on any atom is -0.467 e. The standard InChI is InChI=1S/C21H24N4O2/c1-14-23-18(12-19(24-14)22-13-15-8-7-11-27-15)20(26)25-17-10-6-5-9-16(17)21(2,3)4/h5-12H,13H2,1-4H3,(H,25,26)(H,22,23,24). The molecule has 0 aliphatic carbocycles. The van der Waals surface area contributed by atoms with E-state index in [2.05, 4.69) is 41.4 Å². The van der Waals surface area contributed by atoms with Crippen molar-refractivity contribution in [1.29, 1.82) is 0 Å². The molecular weight excluding hydrogens is 340 g/mol. The zero-order chi connectivity index (χ0) is 19.4. The van der Waals surface area contributed by atoms with E-state index in [9.17, 15) is 4.79 Å². The highest BCUT2D eigenvalue weighted by atomic mass is 16.3. The van der Waals surface area contributed by atoms with Crippen molar-refractivity contribution >= 4 is 17.4 Å². The van der Waals surface area contributed by atoms with E-state index in [-0.39, 0.29) is 11.3 Å². The third-order valence-corrected chi connectivity index (χ3v) is 4.08. The van der Waals surface area contributed by atoms with Gasteiger partial charge in [0.25, 0.3) is 5.91 Å². The van der Waals surface area contributed by atoms with Crippen LogP contribution in [0.25, 0.3) is 0 Å². The summed E-state index contributed by atoms with van der Waals surface area (Å²) in [5.74, 6) is 1.62. The highest BCUT2D eigenvalue weighted by molar-refractivity contribution is 6.03. The van der Waals surface area contributed by atoms with Crippen LogP contribution in [0.4, 0.5) is 11.5 Å². The molecule has 6 heteroatoms. The Hall–Kier alpha value is -3.15. The van der Waals surface area contributed by atoms with E-state index < -0.39 is 0 Å². The summed E-state index contributed by atoms with van der Waals surface area (Å²) in [4.78, 5) is 21.4. The van der Waals surface area contributed by atoms with Crippen molar-refractivity contribution in [3.8, 4) is 0 Å². The average Bonchev–Trinajstić information content (AvgIpc) is 3.12. The molecular formula is C21H24N4O2. The van der Waals surface area contributed by atoms with Gasteiger partial charge < -0.3 is 15.1 Å².